The van der Waals surface area contributed by atoms with Gasteiger partial charge in [-0.2, -0.15) is 12.6 Å². The topological polar surface area (TPSA) is 102 Å². The number of rotatable bonds is 4. The molecule has 0 saturated carbocycles. The predicted molar refractivity (Wildman–Crippen MR) is 55.6 cm³/mol. The molecule has 0 aromatic heterocycles. The van der Waals surface area contributed by atoms with Crippen molar-refractivity contribution in [1.29, 1.82) is 0 Å². The summed E-state index contributed by atoms with van der Waals surface area (Å²) in [5, 5.41) is 40.2. The summed E-state index contributed by atoms with van der Waals surface area (Å²) in [5.74, 6) is 0.635. The summed E-state index contributed by atoms with van der Waals surface area (Å²) in [6.07, 6.45) is -6.28. The van der Waals surface area contributed by atoms with Crippen molar-refractivity contribution in [2.24, 2.45) is 0 Å². The highest BCUT2D eigenvalue weighted by Gasteiger charge is 2.42. The lowest BCUT2D eigenvalue weighted by Crippen LogP contribution is -2.59. The lowest BCUT2D eigenvalue weighted by molar-refractivity contribution is -0.280. The van der Waals surface area contributed by atoms with Gasteiger partial charge in [-0.05, 0) is 0 Å². The van der Waals surface area contributed by atoms with Gasteiger partial charge in [0.25, 0.3) is 0 Å². The third-order valence-corrected chi connectivity index (χ3v) is 2.54. The molecular formula is C8H17NO5S. The summed E-state index contributed by atoms with van der Waals surface area (Å²) in [4.78, 5) is 0. The summed E-state index contributed by atoms with van der Waals surface area (Å²) < 4.78 is 4.94. The normalized spacial score (nSPS) is 41.8. The number of aliphatic hydroxyl groups excluding tert-OH is 4. The van der Waals surface area contributed by atoms with Gasteiger partial charge in [0.2, 0.25) is 0 Å². The van der Waals surface area contributed by atoms with Crippen molar-refractivity contribution in [3.05, 3.63) is 0 Å². The van der Waals surface area contributed by atoms with Gasteiger partial charge in [0.15, 0.2) is 6.29 Å². The van der Waals surface area contributed by atoms with Crippen molar-refractivity contribution in [2.75, 3.05) is 18.8 Å². The Morgan fingerprint density at radius 2 is 1.73 bits per heavy atom. The van der Waals surface area contributed by atoms with E-state index in [0.29, 0.717) is 12.3 Å². The Hall–Kier alpha value is 0.110. The van der Waals surface area contributed by atoms with E-state index in [-0.39, 0.29) is 6.54 Å². The number of hydrogen-bond acceptors (Lipinski definition) is 7. The zero-order valence-electron chi connectivity index (χ0n) is 8.15. The highest BCUT2D eigenvalue weighted by molar-refractivity contribution is 7.80. The molecule has 7 heteroatoms. The fraction of sp³-hybridized carbons (Fsp3) is 1.00. The fourth-order valence-electron chi connectivity index (χ4n) is 1.42. The van der Waals surface area contributed by atoms with E-state index < -0.39 is 30.7 Å². The number of thiol groups is 1. The maximum absolute atomic E-state index is 9.52. The van der Waals surface area contributed by atoms with E-state index >= 15 is 0 Å². The van der Waals surface area contributed by atoms with Gasteiger partial charge in [-0.25, -0.2) is 0 Å². The van der Waals surface area contributed by atoms with Gasteiger partial charge in [-0.15, -0.1) is 0 Å². The Balaban J connectivity index is 2.43. The molecule has 0 radical (unpaired) electrons. The first-order valence-electron chi connectivity index (χ1n) is 4.77. The second-order valence-electron chi connectivity index (χ2n) is 3.46. The van der Waals surface area contributed by atoms with Gasteiger partial charge in [0.05, 0.1) is 0 Å². The van der Waals surface area contributed by atoms with Crippen LogP contribution in [0.3, 0.4) is 0 Å². The number of hydrogen-bond donors (Lipinski definition) is 6. The standard InChI is InChI=1S/C8H17NO5S/c10-5-4(3-9-1-2-15)14-8(13)7(12)6(5)11/h4-13,15H,1-3H2/t4-,5-,6+,7-,8+/m1/s1. The molecule has 1 heterocycles. The fourth-order valence-corrected chi connectivity index (χ4v) is 1.58. The van der Waals surface area contributed by atoms with Crippen LogP contribution in [0.15, 0.2) is 0 Å². The van der Waals surface area contributed by atoms with Gasteiger partial charge in [0, 0.05) is 18.8 Å². The average molecular weight is 239 g/mol. The first kappa shape index (κ1) is 13.2. The summed E-state index contributed by atoms with van der Waals surface area (Å²) in [6, 6.07) is 0. The van der Waals surface area contributed by atoms with E-state index in [1.807, 2.05) is 0 Å². The Bertz CT molecular complexity index is 196. The Morgan fingerprint density at radius 1 is 1.07 bits per heavy atom. The van der Waals surface area contributed by atoms with Crippen molar-refractivity contribution in [2.45, 2.75) is 30.7 Å². The molecule has 5 atom stereocenters. The smallest absolute Gasteiger partial charge is 0.184 e. The number of nitrogens with one attached hydrogen (secondary N) is 1. The van der Waals surface area contributed by atoms with Crippen molar-refractivity contribution >= 4 is 12.6 Å². The molecule has 6 nitrogen and oxygen atoms in total. The highest BCUT2D eigenvalue weighted by Crippen LogP contribution is 2.19. The monoisotopic (exact) mass is 239 g/mol. The van der Waals surface area contributed by atoms with Crippen LogP contribution in [0, 0.1) is 0 Å². The quantitative estimate of drug-likeness (QED) is 0.236. The Morgan fingerprint density at radius 3 is 2.33 bits per heavy atom. The van der Waals surface area contributed by atoms with Crippen LogP contribution in [-0.2, 0) is 4.74 Å². The minimum atomic E-state index is -1.47. The molecule has 1 aliphatic heterocycles. The molecule has 0 aromatic rings. The SMILES string of the molecule is O[C@@H]1[C@@H](O)[C@@H](O)O[C@H](CNCCS)[C@H]1O. The van der Waals surface area contributed by atoms with Crippen LogP contribution in [0.1, 0.15) is 0 Å². The number of aliphatic hydroxyl groups is 4. The second kappa shape index (κ2) is 6.00. The minimum Gasteiger partial charge on any atom is -0.388 e. The van der Waals surface area contributed by atoms with Crippen LogP contribution in [0.5, 0.6) is 0 Å². The third-order valence-electron chi connectivity index (χ3n) is 2.32. The summed E-state index contributed by atoms with van der Waals surface area (Å²) in [6.45, 7) is 0.910. The maximum atomic E-state index is 9.52. The van der Waals surface area contributed by atoms with Crippen LogP contribution < -0.4 is 5.32 Å². The van der Waals surface area contributed by atoms with E-state index in [1.54, 1.807) is 0 Å². The number of ether oxygens (including phenoxy) is 1. The molecule has 0 aliphatic carbocycles. The van der Waals surface area contributed by atoms with Crippen molar-refractivity contribution < 1.29 is 25.2 Å². The van der Waals surface area contributed by atoms with E-state index in [9.17, 15) is 20.4 Å². The lowest BCUT2D eigenvalue weighted by atomic mass is 9.99. The summed E-state index contributed by atoms with van der Waals surface area (Å²) >= 11 is 3.99. The zero-order chi connectivity index (χ0) is 11.4. The zero-order valence-corrected chi connectivity index (χ0v) is 9.05. The van der Waals surface area contributed by atoms with Gasteiger partial charge in [-0.1, -0.05) is 0 Å². The van der Waals surface area contributed by atoms with Crippen LogP contribution >= 0.6 is 12.6 Å². The lowest BCUT2D eigenvalue weighted by Gasteiger charge is -2.38. The molecule has 1 aliphatic rings. The van der Waals surface area contributed by atoms with E-state index in [4.69, 9.17) is 4.74 Å². The maximum Gasteiger partial charge on any atom is 0.184 e. The second-order valence-corrected chi connectivity index (χ2v) is 3.91. The molecule has 1 saturated heterocycles. The first-order chi connectivity index (χ1) is 7.07. The summed E-state index contributed by atoms with van der Waals surface area (Å²) in [7, 11) is 0. The molecule has 5 N–H and O–H groups in total. The molecule has 0 unspecified atom stereocenters. The van der Waals surface area contributed by atoms with Gasteiger partial charge in [-0.3, -0.25) is 0 Å². The minimum absolute atomic E-state index is 0.280. The first-order valence-corrected chi connectivity index (χ1v) is 5.40. The highest BCUT2D eigenvalue weighted by atomic mass is 32.1. The largest absolute Gasteiger partial charge is 0.388 e. The van der Waals surface area contributed by atoms with Gasteiger partial charge >= 0.3 is 0 Å². The van der Waals surface area contributed by atoms with Gasteiger partial charge in [0.1, 0.15) is 24.4 Å². The van der Waals surface area contributed by atoms with E-state index in [2.05, 4.69) is 17.9 Å². The molecule has 1 fully saturated rings. The van der Waals surface area contributed by atoms with Crippen LogP contribution in [-0.4, -0.2) is 70.0 Å². The Labute approximate surface area is 93.3 Å². The molecule has 90 valence electrons. The molecule has 0 spiro atoms. The predicted octanol–water partition coefficient (Wildman–Crippen LogP) is -2.69. The van der Waals surface area contributed by atoms with E-state index in [0.717, 1.165) is 0 Å². The molecule has 15 heavy (non-hydrogen) atoms. The van der Waals surface area contributed by atoms with Crippen LogP contribution in [0.4, 0.5) is 0 Å². The Kier molecular flexibility index (Phi) is 5.27. The van der Waals surface area contributed by atoms with Crippen molar-refractivity contribution in [3.63, 3.8) is 0 Å². The van der Waals surface area contributed by atoms with E-state index in [1.165, 1.54) is 0 Å². The molecule has 1 rings (SSSR count). The van der Waals surface area contributed by atoms with Crippen molar-refractivity contribution in [3.8, 4) is 0 Å². The molecule has 0 aromatic carbocycles. The average Bonchev–Trinajstić information content (AvgIpc) is 2.23. The molecule has 0 bridgehead atoms. The third kappa shape index (κ3) is 3.28. The van der Waals surface area contributed by atoms with Crippen molar-refractivity contribution in [1.82, 2.24) is 5.32 Å². The summed E-state index contributed by atoms with van der Waals surface area (Å²) in [5.41, 5.74) is 0. The van der Waals surface area contributed by atoms with Crippen LogP contribution in [0.2, 0.25) is 0 Å². The molecule has 0 amide bonds. The molecular weight excluding hydrogens is 222 g/mol. The van der Waals surface area contributed by atoms with Gasteiger partial charge < -0.3 is 30.5 Å². The van der Waals surface area contributed by atoms with Crippen LogP contribution in [0.25, 0.3) is 0 Å².